The van der Waals surface area contributed by atoms with E-state index >= 15 is 0 Å². The second-order valence-corrected chi connectivity index (χ2v) is 2.43. The average molecular weight is 195 g/mol. The van der Waals surface area contributed by atoms with Crippen molar-refractivity contribution < 1.29 is 13.9 Å². The van der Waals surface area contributed by atoms with E-state index in [0.29, 0.717) is 0 Å². The Kier molecular flexibility index (Phi) is 2.32. The summed E-state index contributed by atoms with van der Waals surface area (Å²) in [4.78, 5) is 3.32. The first-order chi connectivity index (χ1) is 5.54. The molecule has 1 heterocycles. The lowest BCUT2D eigenvalue weighted by Gasteiger charge is -2.06. The van der Waals surface area contributed by atoms with E-state index in [9.17, 15) is 8.78 Å². The number of hydrogen-bond donors (Lipinski definition) is 2. The first-order valence-electron chi connectivity index (χ1n) is 2.95. The molecule has 0 aliphatic rings. The van der Waals surface area contributed by atoms with Crippen molar-refractivity contribution in [1.29, 1.82) is 0 Å². The molecule has 0 unspecified atom stereocenters. The molecule has 12 heavy (non-hydrogen) atoms. The molecular formula is C6H5ClF2N2O. The molecule has 3 N–H and O–H groups in total. The molecule has 0 amide bonds. The lowest BCUT2D eigenvalue weighted by Crippen LogP contribution is -1.98. The Bertz CT molecular complexity index is 306. The third-order valence-electron chi connectivity index (χ3n) is 1.28. The van der Waals surface area contributed by atoms with Crippen LogP contribution in [0, 0.1) is 0 Å². The van der Waals surface area contributed by atoms with E-state index in [1.54, 1.807) is 0 Å². The fraction of sp³-hybridized carbons (Fsp3) is 0.167. The van der Waals surface area contributed by atoms with Crippen molar-refractivity contribution in [1.82, 2.24) is 4.98 Å². The van der Waals surface area contributed by atoms with Gasteiger partial charge in [-0.25, -0.2) is 13.8 Å². The van der Waals surface area contributed by atoms with Crippen LogP contribution in [0.2, 0.25) is 5.02 Å². The van der Waals surface area contributed by atoms with Crippen LogP contribution in [0.25, 0.3) is 0 Å². The minimum absolute atomic E-state index is 0.368. The number of alkyl halides is 2. The lowest BCUT2D eigenvalue weighted by molar-refractivity contribution is 0.151. The van der Waals surface area contributed by atoms with E-state index in [0.717, 1.165) is 6.20 Å². The number of anilines is 1. The predicted octanol–water partition coefficient (Wildman–Crippen LogP) is 1.96. The number of nitrogens with two attached hydrogens (primary N) is 1. The molecule has 1 rings (SSSR count). The fourth-order valence-electron chi connectivity index (χ4n) is 0.715. The third-order valence-corrected chi connectivity index (χ3v) is 1.68. The number of aromatic nitrogens is 1. The molecule has 66 valence electrons. The summed E-state index contributed by atoms with van der Waals surface area (Å²) in [5.74, 6) is -0.867. The van der Waals surface area contributed by atoms with Gasteiger partial charge in [0.1, 0.15) is 5.82 Å². The van der Waals surface area contributed by atoms with Gasteiger partial charge in [-0.2, -0.15) is 0 Å². The molecule has 0 saturated carbocycles. The van der Waals surface area contributed by atoms with Gasteiger partial charge in [-0.3, -0.25) is 0 Å². The highest BCUT2D eigenvalue weighted by Crippen LogP contribution is 2.35. The van der Waals surface area contributed by atoms with Crippen LogP contribution in [-0.2, 0) is 0 Å². The summed E-state index contributed by atoms with van der Waals surface area (Å²) >= 11 is 5.34. The van der Waals surface area contributed by atoms with E-state index in [1.165, 1.54) is 0 Å². The van der Waals surface area contributed by atoms with Gasteiger partial charge in [0, 0.05) is 0 Å². The van der Waals surface area contributed by atoms with Gasteiger partial charge < -0.3 is 10.8 Å². The van der Waals surface area contributed by atoms with Crippen LogP contribution in [0.5, 0.6) is 5.75 Å². The van der Waals surface area contributed by atoms with Crippen molar-refractivity contribution in [2.24, 2.45) is 0 Å². The molecule has 1 aromatic rings. The van der Waals surface area contributed by atoms with Crippen molar-refractivity contribution in [3.63, 3.8) is 0 Å². The highest BCUT2D eigenvalue weighted by molar-refractivity contribution is 6.33. The minimum Gasteiger partial charge on any atom is -0.505 e. The SMILES string of the molecule is Nc1ncc(O)c(Cl)c1C(F)F. The summed E-state index contributed by atoms with van der Waals surface area (Å²) in [6.07, 6.45) is -1.92. The summed E-state index contributed by atoms with van der Waals surface area (Å²) in [6.45, 7) is 0. The summed E-state index contributed by atoms with van der Waals surface area (Å²) in [5, 5.41) is 8.44. The fourth-order valence-corrected chi connectivity index (χ4v) is 0.943. The lowest BCUT2D eigenvalue weighted by atomic mass is 10.2. The van der Waals surface area contributed by atoms with Crippen LogP contribution in [0.1, 0.15) is 12.0 Å². The van der Waals surface area contributed by atoms with Crippen molar-refractivity contribution in [3.05, 3.63) is 16.8 Å². The van der Waals surface area contributed by atoms with Crippen LogP contribution in [-0.4, -0.2) is 10.1 Å². The van der Waals surface area contributed by atoms with E-state index in [1.807, 2.05) is 0 Å². The number of hydrogen-bond acceptors (Lipinski definition) is 3. The molecule has 1 aromatic heterocycles. The number of pyridine rings is 1. The zero-order valence-electron chi connectivity index (χ0n) is 5.76. The summed E-state index contributed by atoms with van der Waals surface area (Å²) < 4.78 is 24.3. The second kappa shape index (κ2) is 3.10. The molecule has 0 radical (unpaired) electrons. The Morgan fingerprint density at radius 1 is 1.58 bits per heavy atom. The number of halogens is 3. The van der Waals surface area contributed by atoms with Crippen LogP contribution in [0.3, 0.4) is 0 Å². The highest BCUT2D eigenvalue weighted by atomic mass is 35.5. The highest BCUT2D eigenvalue weighted by Gasteiger charge is 2.19. The topological polar surface area (TPSA) is 59.1 Å². The average Bonchev–Trinajstić information content (AvgIpc) is 1.97. The largest absolute Gasteiger partial charge is 0.505 e. The maximum absolute atomic E-state index is 12.2. The molecule has 0 bridgehead atoms. The van der Waals surface area contributed by atoms with Crippen LogP contribution in [0.15, 0.2) is 6.20 Å². The van der Waals surface area contributed by atoms with E-state index in [-0.39, 0.29) is 5.82 Å². The van der Waals surface area contributed by atoms with Gasteiger partial charge in [-0.15, -0.1) is 0 Å². The molecule has 6 heteroatoms. The molecule has 0 aromatic carbocycles. The Balaban J connectivity index is 3.33. The standard InChI is InChI=1S/C6H5ClF2N2O/c7-4-2(12)1-11-6(10)3(4)5(8)9/h1,5,12H,(H2,10,11). The van der Waals surface area contributed by atoms with Gasteiger partial charge >= 0.3 is 0 Å². The van der Waals surface area contributed by atoms with Crippen molar-refractivity contribution >= 4 is 17.4 Å². The summed E-state index contributed by atoms with van der Waals surface area (Å²) in [5.41, 5.74) is 4.48. The van der Waals surface area contributed by atoms with Gasteiger partial charge in [0.15, 0.2) is 5.75 Å². The second-order valence-electron chi connectivity index (χ2n) is 2.06. The zero-order valence-corrected chi connectivity index (χ0v) is 6.52. The van der Waals surface area contributed by atoms with E-state index in [4.69, 9.17) is 22.4 Å². The summed E-state index contributed by atoms with van der Waals surface area (Å²) in [7, 11) is 0. The smallest absolute Gasteiger partial charge is 0.268 e. The monoisotopic (exact) mass is 194 g/mol. The molecule has 0 atom stereocenters. The van der Waals surface area contributed by atoms with Gasteiger partial charge in [0.2, 0.25) is 0 Å². The normalized spacial score (nSPS) is 10.7. The van der Waals surface area contributed by atoms with Gasteiger partial charge in [0.05, 0.1) is 16.8 Å². The van der Waals surface area contributed by atoms with Crippen molar-refractivity contribution in [2.45, 2.75) is 6.43 Å². The van der Waals surface area contributed by atoms with Crippen LogP contribution in [0.4, 0.5) is 14.6 Å². The maximum Gasteiger partial charge on any atom is 0.268 e. The third kappa shape index (κ3) is 1.40. The number of aromatic hydroxyl groups is 1. The van der Waals surface area contributed by atoms with Crippen LogP contribution < -0.4 is 5.73 Å². The summed E-state index contributed by atoms with van der Waals surface area (Å²) in [6, 6.07) is 0. The number of nitrogen functional groups attached to an aromatic ring is 1. The Labute approximate surface area is 71.8 Å². The minimum atomic E-state index is -2.84. The molecule has 0 aliphatic heterocycles. The first kappa shape index (κ1) is 8.99. The molecule has 0 spiro atoms. The Morgan fingerprint density at radius 2 is 2.17 bits per heavy atom. The quantitative estimate of drug-likeness (QED) is 0.719. The van der Waals surface area contributed by atoms with Crippen molar-refractivity contribution in [2.75, 3.05) is 5.73 Å². The van der Waals surface area contributed by atoms with Gasteiger partial charge in [-0.05, 0) is 0 Å². The zero-order chi connectivity index (χ0) is 9.30. The van der Waals surface area contributed by atoms with Crippen molar-refractivity contribution in [3.8, 4) is 5.75 Å². The Morgan fingerprint density at radius 3 is 2.58 bits per heavy atom. The maximum atomic E-state index is 12.2. The van der Waals surface area contributed by atoms with Gasteiger partial charge in [0.25, 0.3) is 6.43 Å². The number of rotatable bonds is 1. The van der Waals surface area contributed by atoms with Crippen LogP contribution >= 0.6 is 11.6 Å². The Hall–Kier alpha value is -1.10. The number of nitrogens with zero attached hydrogens (tertiary/aromatic N) is 1. The first-order valence-corrected chi connectivity index (χ1v) is 3.32. The van der Waals surface area contributed by atoms with Gasteiger partial charge in [-0.1, -0.05) is 11.6 Å². The molecule has 0 fully saturated rings. The molecule has 3 nitrogen and oxygen atoms in total. The molecule has 0 saturated heterocycles. The predicted molar refractivity (Wildman–Crippen MR) is 40.3 cm³/mol. The molecule has 0 aliphatic carbocycles. The van der Waals surface area contributed by atoms with E-state index in [2.05, 4.69) is 4.98 Å². The molecular weight excluding hydrogens is 190 g/mol. The van der Waals surface area contributed by atoms with E-state index < -0.39 is 22.8 Å².